The van der Waals surface area contributed by atoms with Crippen LogP contribution in [0, 0.1) is 6.92 Å². The van der Waals surface area contributed by atoms with Gasteiger partial charge in [-0.1, -0.05) is 16.8 Å². The predicted octanol–water partition coefficient (Wildman–Crippen LogP) is 2.03. The van der Waals surface area contributed by atoms with Gasteiger partial charge in [-0.3, -0.25) is 9.48 Å². The van der Waals surface area contributed by atoms with Crippen molar-refractivity contribution < 1.29 is 4.79 Å². The van der Waals surface area contributed by atoms with Gasteiger partial charge in [-0.25, -0.2) is 0 Å². The SMILES string of the molecule is Cc1cc(Cl)ccc1NC(=O)c1cn(C)nn1. The van der Waals surface area contributed by atoms with Gasteiger partial charge in [0.25, 0.3) is 5.91 Å². The highest BCUT2D eigenvalue weighted by Gasteiger charge is 2.11. The number of carbonyl (C=O) groups is 1. The lowest BCUT2D eigenvalue weighted by Gasteiger charge is -2.06. The Morgan fingerprint density at radius 3 is 2.82 bits per heavy atom. The fourth-order valence-electron chi connectivity index (χ4n) is 1.41. The monoisotopic (exact) mass is 250 g/mol. The van der Waals surface area contributed by atoms with Gasteiger partial charge in [-0.05, 0) is 30.7 Å². The summed E-state index contributed by atoms with van der Waals surface area (Å²) in [5.74, 6) is -0.288. The molecule has 0 saturated carbocycles. The largest absolute Gasteiger partial charge is 0.320 e. The Morgan fingerprint density at radius 2 is 2.24 bits per heavy atom. The van der Waals surface area contributed by atoms with Crippen LogP contribution < -0.4 is 5.32 Å². The maximum atomic E-state index is 11.8. The number of hydrogen-bond donors (Lipinski definition) is 1. The summed E-state index contributed by atoms with van der Waals surface area (Å²) in [6.07, 6.45) is 1.56. The third kappa shape index (κ3) is 2.62. The lowest BCUT2D eigenvalue weighted by Crippen LogP contribution is -2.13. The highest BCUT2D eigenvalue weighted by Crippen LogP contribution is 2.19. The fraction of sp³-hybridized carbons (Fsp3) is 0.182. The Labute approximate surface area is 103 Å². The predicted molar refractivity (Wildman–Crippen MR) is 65.1 cm³/mol. The molecule has 0 spiro atoms. The van der Waals surface area contributed by atoms with Crippen molar-refractivity contribution in [3.05, 3.63) is 40.7 Å². The Kier molecular flexibility index (Phi) is 3.10. The van der Waals surface area contributed by atoms with Crippen LogP contribution in [0.2, 0.25) is 5.02 Å². The molecule has 2 rings (SSSR count). The van der Waals surface area contributed by atoms with Gasteiger partial charge in [0.1, 0.15) is 0 Å². The van der Waals surface area contributed by atoms with Crippen LogP contribution in [0.5, 0.6) is 0 Å². The number of anilines is 1. The van der Waals surface area contributed by atoms with Crippen LogP contribution >= 0.6 is 11.6 Å². The minimum Gasteiger partial charge on any atom is -0.320 e. The number of hydrogen-bond acceptors (Lipinski definition) is 3. The van der Waals surface area contributed by atoms with E-state index in [1.54, 1.807) is 31.4 Å². The number of nitrogens with one attached hydrogen (secondary N) is 1. The number of aromatic nitrogens is 3. The summed E-state index contributed by atoms with van der Waals surface area (Å²) in [5, 5.41) is 10.8. The lowest BCUT2D eigenvalue weighted by molar-refractivity contribution is 0.102. The molecule has 0 unspecified atom stereocenters. The van der Waals surface area contributed by atoms with E-state index in [1.165, 1.54) is 4.68 Å². The van der Waals surface area contributed by atoms with Crippen molar-refractivity contribution in [1.82, 2.24) is 15.0 Å². The molecule has 88 valence electrons. The first-order valence-corrected chi connectivity index (χ1v) is 5.38. The minimum absolute atomic E-state index is 0.279. The number of amides is 1. The maximum Gasteiger partial charge on any atom is 0.277 e. The fourth-order valence-corrected chi connectivity index (χ4v) is 1.63. The van der Waals surface area contributed by atoms with Crippen molar-refractivity contribution in [2.24, 2.45) is 7.05 Å². The van der Waals surface area contributed by atoms with Crippen LogP contribution in [0.3, 0.4) is 0 Å². The summed E-state index contributed by atoms with van der Waals surface area (Å²) in [7, 11) is 1.71. The van der Waals surface area contributed by atoms with E-state index < -0.39 is 0 Å². The van der Waals surface area contributed by atoms with E-state index >= 15 is 0 Å². The normalized spacial score (nSPS) is 10.3. The molecule has 1 aromatic carbocycles. The summed E-state index contributed by atoms with van der Waals surface area (Å²) >= 11 is 5.84. The molecule has 5 nitrogen and oxygen atoms in total. The first kappa shape index (κ1) is 11.6. The van der Waals surface area contributed by atoms with Gasteiger partial charge in [0.05, 0.1) is 6.20 Å². The zero-order chi connectivity index (χ0) is 12.4. The summed E-state index contributed by atoms with van der Waals surface area (Å²) < 4.78 is 1.48. The van der Waals surface area contributed by atoms with E-state index in [4.69, 9.17) is 11.6 Å². The van der Waals surface area contributed by atoms with Crippen LogP contribution in [0.4, 0.5) is 5.69 Å². The molecule has 17 heavy (non-hydrogen) atoms. The standard InChI is InChI=1S/C11H11ClN4O/c1-7-5-8(12)3-4-9(7)13-11(17)10-6-16(2)15-14-10/h3-6H,1-2H3,(H,13,17). The van der Waals surface area contributed by atoms with Crippen LogP contribution in [0.1, 0.15) is 16.1 Å². The van der Waals surface area contributed by atoms with Gasteiger partial charge in [-0.2, -0.15) is 0 Å². The van der Waals surface area contributed by atoms with E-state index in [1.807, 2.05) is 6.92 Å². The van der Waals surface area contributed by atoms with Gasteiger partial charge < -0.3 is 5.32 Å². The van der Waals surface area contributed by atoms with E-state index in [0.717, 1.165) is 5.56 Å². The van der Waals surface area contributed by atoms with Crippen LogP contribution in [-0.2, 0) is 7.05 Å². The molecule has 0 aliphatic heterocycles. The number of halogens is 1. The van der Waals surface area contributed by atoms with Gasteiger partial charge in [-0.15, -0.1) is 5.10 Å². The summed E-state index contributed by atoms with van der Waals surface area (Å²) in [4.78, 5) is 11.8. The van der Waals surface area contributed by atoms with E-state index in [2.05, 4.69) is 15.6 Å². The van der Waals surface area contributed by atoms with Gasteiger partial charge >= 0.3 is 0 Å². The molecule has 1 amide bonds. The molecule has 0 atom stereocenters. The van der Waals surface area contributed by atoms with E-state index in [9.17, 15) is 4.79 Å². The van der Waals surface area contributed by atoms with Crippen LogP contribution in [0.15, 0.2) is 24.4 Å². The van der Waals surface area contributed by atoms with Gasteiger partial charge in [0.15, 0.2) is 5.69 Å². The highest BCUT2D eigenvalue weighted by molar-refractivity contribution is 6.30. The molecule has 0 radical (unpaired) electrons. The molecule has 0 aliphatic rings. The summed E-state index contributed by atoms with van der Waals surface area (Å²) in [6, 6.07) is 5.26. The van der Waals surface area contributed by atoms with Crippen molar-refractivity contribution in [1.29, 1.82) is 0 Å². The average Bonchev–Trinajstić information content (AvgIpc) is 2.69. The first-order valence-electron chi connectivity index (χ1n) is 5.00. The highest BCUT2D eigenvalue weighted by atomic mass is 35.5. The molecular weight excluding hydrogens is 240 g/mol. The average molecular weight is 251 g/mol. The Bertz CT molecular complexity index is 564. The zero-order valence-corrected chi connectivity index (χ0v) is 10.2. The summed E-state index contributed by atoms with van der Waals surface area (Å²) in [5.41, 5.74) is 1.89. The smallest absolute Gasteiger partial charge is 0.277 e. The van der Waals surface area contributed by atoms with E-state index in [0.29, 0.717) is 10.7 Å². The number of benzene rings is 1. The molecule has 0 aliphatic carbocycles. The van der Waals surface area contributed by atoms with Gasteiger partial charge in [0.2, 0.25) is 0 Å². The van der Waals surface area contributed by atoms with E-state index in [-0.39, 0.29) is 11.6 Å². The molecular formula is C11H11ClN4O. The Hall–Kier alpha value is -1.88. The Balaban J connectivity index is 2.18. The number of carbonyl (C=O) groups excluding carboxylic acids is 1. The number of nitrogens with zero attached hydrogens (tertiary/aromatic N) is 3. The lowest BCUT2D eigenvalue weighted by atomic mass is 10.2. The number of aryl methyl sites for hydroxylation is 2. The molecule has 0 bridgehead atoms. The molecule has 6 heteroatoms. The first-order chi connectivity index (χ1) is 8.06. The van der Waals surface area contributed by atoms with Crippen molar-refractivity contribution in [3.63, 3.8) is 0 Å². The second-order valence-electron chi connectivity index (χ2n) is 3.69. The number of rotatable bonds is 2. The minimum atomic E-state index is -0.288. The molecule has 0 saturated heterocycles. The molecule has 1 aromatic heterocycles. The second kappa shape index (κ2) is 4.55. The van der Waals surface area contributed by atoms with Crippen molar-refractivity contribution >= 4 is 23.2 Å². The second-order valence-corrected chi connectivity index (χ2v) is 4.13. The van der Waals surface area contributed by atoms with Crippen molar-refractivity contribution in [2.45, 2.75) is 6.92 Å². The topological polar surface area (TPSA) is 59.8 Å². The molecule has 0 fully saturated rings. The zero-order valence-electron chi connectivity index (χ0n) is 9.44. The quantitative estimate of drug-likeness (QED) is 0.887. The van der Waals surface area contributed by atoms with Crippen LogP contribution in [-0.4, -0.2) is 20.9 Å². The molecule has 2 aromatic rings. The third-order valence-corrected chi connectivity index (χ3v) is 2.51. The molecule has 1 N–H and O–H groups in total. The van der Waals surface area contributed by atoms with Crippen LogP contribution in [0.25, 0.3) is 0 Å². The maximum absolute atomic E-state index is 11.8. The Morgan fingerprint density at radius 1 is 1.47 bits per heavy atom. The van der Waals surface area contributed by atoms with Gasteiger partial charge in [0, 0.05) is 17.8 Å². The van der Waals surface area contributed by atoms with Crippen molar-refractivity contribution in [2.75, 3.05) is 5.32 Å². The van der Waals surface area contributed by atoms with Crippen molar-refractivity contribution in [3.8, 4) is 0 Å². The summed E-state index contributed by atoms with van der Waals surface area (Å²) in [6.45, 7) is 1.87. The molecule has 1 heterocycles. The third-order valence-electron chi connectivity index (χ3n) is 2.27.